The van der Waals surface area contributed by atoms with E-state index in [0.717, 1.165) is 19.3 Å². The van der Waals surface area contributed by atoms with Crippen molar-refractivity contribution in [2.75, 3.05) is 35.7 Å². The fourth-order valence-electron chi connectivity index (χ4n) is 4.05. The molecule has 174 valence electrons. The molecular formula is C22H23ClN10O. The maximum atomic E-state index is 9.64. The Morgan fingerprint density at radius 3 is 2.76 bits per heavy atom. The maximum Gasteiger partial charge on any atom is 0.247 e. The summed E-state index contributed by atoms with van der Waals surface area (Å²) in [6.07, 6.45) is 4.15. The largest absolute Gasteiger partial charge is 0.378 e. The van der Waals surface area contributed by atoms with Gasteiger partial charge in [-0.05, 0) is 31.4 Å². The standard InChI is InChI=1S/C22H23ClN10O/c1-34-18-11-32(5-4-15(18)26)17-7-12(8-24)6-16(19(17)23)29-22-30-20(28-13-2-3-13)21-27-10-14(9-25)33(21)31-22/h6-7,10,13,15,18H,2-5,11,26H2,1H3,(H2,28,29,30,31)/t15-,18-/m1/s1. The smallest absolute Gasteiger partial charge is 0.247 e. The number of halogens is 1. The Kier molecular flexibility index (Phi) is 5.84. The normalized spacial score (nSPS) is 20.1. The van der Waals surface area contributed by atoms with Crippen molar-refractivity contribution in [1.29, 1.82) is 10.5 Å². The van der Waals surface area contributed by atoms with Crippen LogP contribution in [0.5, 0.6) is 0 Å². The molecule has 11 nitrogen and oxygen atoms in total. The summed E-state index contributed by atoms with van der Waals surface area (Å²) in [5.74, 6) is 0.755. The third kappa shape index (κ3) is 4.17. The topological polar surface area (TPSA) is 153 Å². The van der Waals surface area contributed by atoms with E-state index in [1.165, 1.54) is 10.7 Å². The number of piperidine rings is 1. The number of hydrogen-bond acceptors (Lipinski definition) is 10. The number of aromatic nitrogens is 4. The van der Waals surface area contributed by atoms with Gasteiger partial charge in [0.2, 0.25) is 5.95 Å². The average Bonchev–Trinajstić information content (AvgIpc) is 3.56. The number of rotatable bonds is 6. The number of methoxy groups -OCH3 is 1. The van der Waals surface area contributed by atoms with Crippen LogP contribution in [0.25, 0.3) is 5.65 Å². The van der Waals surface area contributed by atoms with Gasteiger partial charge in [0.25, 0.3) is 0 Å². The molecule has 1 aromatic carbocycles. The minimum atomic E-state index is -0.139. The second-order valence-corrected chi connectivity index (χ2v) is 8.84. The molecule has 12 heteroatoms. The summed E-state index contributed by atoms with van der Waals surface area (Å²) in [5, 5.41) is 30.4. The van der Waals surface area contributed by atoms with Gasteiger partial charge in [-0.3, -0.25) is 0 Å². The Hall–Kier alpha value is -3.64. The van der Waals surface area contributed by atoms with Gasteiger partial charge in [-0.2, -0.15) is 20.0 Å². The lowest BCUT2D eigenvalue weighted by Crippen LogP contribution is -2.51. The molecule has 0 spiro atoms. The molecule has 2 aliphatic rings. The Labute approximate surface area is 201 Å². The molecule has 2 atom stereocenters. The van der Waals surface area contributed by atoms with E-state index in [2.05, 4.69) is 42.7 Å². The summed E-state index contributed by atoms with van der Waals surface area (Å²) >= 11 is 6.81. The number of nitrogens with one attached hydrogen (secondary N) is 2. The van der Waals surface area contributed by atoms with E-state index in [0.29, 0.717) is 52.6 Å². The van der Waals surface area contributed by atoms with Gasteiger partial charge in [0.05, 0.1) is 40.3 Å². The molecule has 0 bridgehead atoms. The number of nitrogens with two attached hydrogens (primary N) is 1. The summed E-state index contributed by atoms with van der Waals surface area (Å²) in [5.41, 5.74) is 8.54. The molecule has 0 unspecified atom stereocenters. The highest BCUT2D eigenvalue weighted by atomic mass is 35.5. The molecule has 2 fully saturated rings. The van der Waals surface area contributed by atoms with E-state index < -0.39 is 0 Å². The van der Waals surface area contributed by atoms with Crippen LogP contribution < -0.4 is 21.3 Å². The van der Waals surface area contributed by atoms with E-state index in [1.54, 1.807) is 19.2 Å². The summed E-state index contributed by atoms with van der Waals surface area (Å²) in [6.45, 7) is 1.25. The van der Waals surface area contributed by atoms with Gasteiger partial charge in [0.15, 0.2) is 17.2 Å². The van der Waals surface area contributed by atoms with Crippen molar-refractivity contribution in [2.24, 2.45) is 5.73 Å². The van der Waals surface area contributed by atoms with Crippen molar-refractivity contribution >= 4 is 40.4 Å². The summed E-state index contributed by atoms with van der Waals surface area (Å²) < 4.78 is 6.97. The molecule has 2 aromatic heterocycles. The van der Waals surface area contributed by atoms with Gasteiger partial charge in [0.1, 0.15) is 6.07 Å². The van der Waals surface area contributed by atoms with Crippen LogP contribution in [-0.2, 0) is 4.74 Å². The number of nitriles is 2. The quantitative estimate of drug-likeness (QED) is 0.481. The number of hydrogen-bond donors (Lipinski definition) is 3. The van der Waals surface area contributed by atoms with Gasteiger partial charge >= 0.3 is 0 Å². The third-order valence-corrected chi connectivity index (χ3v) is 6.47. The first-order valence-corrected chi connectivity index (χ1v) is 11.3. The molecule has 1 saturated heterocycles. The first-order valence-electron chi connectivity index (χ1n) is 11.0. The van der Waals surface area contributed by atoms with Gasteiger partial charge in [-0.15, -0.1) is 5.10 Å². The van der Waals surface area contributed by atoms with E-state index in [4.69, 9.17) is 22.1 Å². The van der Waals surface area contributed by atoms with Crippen molar-refractivity contribution in [3.05, 3.63) is 34.6 Å². The molecule has 34 heavy (non-hydrogen) atoms. The summed E-state index contributed by atoms with van der Waals surface area (Å²) in [4.78, 5) is 10.9. The van der Waals surface area contributed by atoms with Crippen LogP contribution in [0, 0.1) is 22.7 Å². The molecule has 1 saturated carbocycles. The molecule has 3 heterocycles. The first kappa shape index (κ1) is 22.2. The number of benzene rings is 1. The summed E-state index contributed by atoms with van der Waals surface area (Å²) in [6, 6.07) is 7.95. The fourth-order valence-corrected chi connectivity index (χ4v) is 4.32. The molecule has 4 N–H and O–H groups in total. The molecule has 1 aliphatic carbocycles. The summed E-state index contributed by atoms with van der Waals surface area (Å²) in [7, 11) is 1.64. The van der Waals surface area contributed by atoms with Crippen LogP contribution in [0.2, 0.25) is 5.02 Å². The van der Waals surface area contributed by atoms with Gasteiger partial charge < -0.3 is 26.0 Å². The van der Waals surface area contributed by atoms with Gasteiger partial charge in [-0.1, -0.05) is 11.6 Å². The Bertz CT molecular complexity index is 1320. The predicted octanol–water partition coefficient (Wildman–Crippen LogP) is 2.39. The van der Waals surface area contributed by atoms with E-state index in [9.17, 15) is 10.5 Å². The van der Waals surface area contributed by atoms with Crippen LogP contribution in [0.1, 0.15) is 30.5 Å². The number of anilines is 4. The monoisotopic (exact) mass is 478 g/mol. The second-order valence-electron chi connectivity index (χ2n) is 8.46. The zero-order chi connectivity index (χ0) is 23.8. The highest BCUT2D eigenvalue weighted by Crippen LogP contribution is 2.37. The first-order chi connectivity index (χ1) is 16.5. The molecule has 3 aromatic rings. The fraction of sp³-hybridized carbons (Fsp3) is 0.409. The number of ether oxygens (including phenoxy) is 1. The second kappa shape index (κ2) is 8.95. The third-order valence-electron chi connectivity index (χ3n) is 6.08. The van der Waals surface area contributed by atoms with Crippen molar-refractivity contribution in [2.45, 2.75) is 37.5 Å². The van der Waals surface area contributed by atoms with Gasteiger partial charge in [0, 0.05) is 32.3 Å². The van der Waals surface area contributed by atoms with Crippen molar-refractivity contribution in [3.8, 4) is 12.1 Å². The molecular weight excluding hydrogens is 456 g/mol. The number of imidazole rings is 1. The number of nitrogens with zero attached hydrogens (tertiary/aromatic N) is 7. The highest BCUT2D eigenvalue weighted by Gasteiger charge is 2.29. The van der Waals surface area contributed by atoms with Crippen LogP contribution in [-0.4, -0.2) is 58.0 Å². The van der Waals surface area contributed by atoms with E-state index in [-0.39, 0.29) is 23.8 Å². The van der Waals surface area contributed by atoms with E-state index in [1.807, 2.05) is 0 Å². The maximum absolute atomic E-state index is 9.64. The lowest BCUT2D eigenvalue weighted by atomic mass is 10.0. The van der Waals surface area contributed by atoms with Crippen LogP contribution in [0.15, 0.2) is 18.3 Å². The predicted molar refractivity (Wildman–Crippen MR) is 127 cm³/mol. The highest BCUT2D eigenvalue weighted by molar-refractivity contribution is 6.36. The van der Waals surface area contributed by atoms with E-state index >= 15 is 0 Å². The zero-order valence-electron chi connectivity index (χ0n) is 18.5. The minimum Gasteiger partial charge on any atom is -0.378 e. The lowest BCUT2D eigenvalue weighted by molar-refractivity contribution is 0.0730. The zero-order valence-corrected chi connectivity index (χ0v) is 19.2. The van der Waals surface area contributed by atoms with Crippen LogP contribution in [0.4, 0.5) is 23.1 Å². The Balaban J connectivity index is 1.53. The molecule has 0 radical (unpaired) electrons. The SMILES string of the molecule is CO[C@@H]1CN(c2cc(C#N)cc(Nc3nc(NC4CC4)c4ncc(C#N)n4n3)c2Cl)CC[C@H]1N. The molecule has 1 aliphatic heterocycles. The molecule has 0 amide bonds. The van der Waals surface area contributed by atoms with Crippen molar-refractivity contribution in [1.82, 2.24) is 19.6 Å². The van der Waals surface area contributed by atoms with Crippen molar-refractivity contribution in [3.63, 3.8) is 0 Å². The van der Waals surface area contributed by atoms with Gasteiger partial charge in [-0.25, -0.2) is 4.98 Å². The minimum absolute atomic E-state index is 0.0567. The molecule has 5 rings (SSSR count). The van der Waals surface area contributed by atoms with Crippen LogP contribution in [0.3, 0.4) is 0 Å². The Morgan fingerprint density at radius 2 is 2.06 bits per heavy atom. The van der Waals surface area contributed by atoms with Crippen LogP contribution >= 0.6 is 11.6 Å². The lowest BCUT2D eigenvalue weighted by Gasteiger charge is -2.38. The number of fused-ring (bicyclic) bond motifs is 1. The van der Waals surface area contributed by atoms with Crippen molar-refractivity contribution < 1.29 is 4.74 Å². The average molecular weight is 479 g/mol. The Morgan fingerprint density at radius 1 is 1.24 bits per heavy atom.